The van der Waals surface area contributed by atoms with Crippen LogP contribution >= 0.6 is 0 Å². The van der Waals surface area contributed by atoms with Crippen molar-refractivity contribution < 1.29 is 36.3 Å². The molecule has 1 aliphatic carbocycles. The summed E-state index contributed by atoms with van der Waals surface area (Å²) in [5.41, 5.74) is -1.05. The molecule has 3 heterocycles. The number of benzene rings is 1. The molecule has 0 radical (unpaired) electrons. The highest BCUT2D eigenvalue weighted by Gasteiger charge is 2.58. The number of nitrogens with zero attached hydrogens (tertiary/aromatic N) is 2. The molecule has 39 heavy (non-hydrogen) atoms. The van der Waals surface area contributed by atoms with Gasteiger partial charge >= 0.3 is 0 Å². The van der Waals surface area contributed by atoms with Crippen LogP contribution in [-0.2, 0) is 9.59 Å². The monoisotopic (exact) mass is 551 g/mol. The number of aromatic nitrogens is 1. The van der Waals surface area contributed by atoms with Crippen molar-refractivity contribution in [2.24, 2.45) is 17.8 Å². The van der Waals surface area contributed by atoms with Gasteiger partial charge in [-0.1, -0.05) is 0 Å². The third-order valence-electron chi connectivity index (χ3n) is 8.03. The highest BCUT2D eigenvalue weighted by molar-refractivity contribution is 6.01. The van der Waals surface area contributed by atoms with Gasteiger partial charge in [-0.15, -0.1) is 0 Å². The lowest BCUT2D eigenvalue weighted by atomic mass is 9.90. The maximum Gasteiger partial charge on any atom is 0.271 e. The summed E-state index contributed by atoms with van der Waals surface area (Å²) in [6.45, 7) is 0.324. The minimum Gasteiger partial charge on any atom is -0.356 e. The number of carbonyl (C=O) groups excluding carboxylic acids is 3. The first-order valence-electron chi connectivity index (χ1n) is 12.7. The van der Waals surface area contributed by atoms with Crippen molar-refractivity contribution in [3.8, 4) is 6.07 Å². The van der Waals surface area contributed by atoms with Gasteiger partial charge in [-0.25, -0.2) is 22.0 Å². The third-order valence-corrected chi connectivity index (χ3v) is 8.03. The second kappa shape index (κ2) is 10.1. The number of hydrogen-bond donors (Lipinski definition) is 3. The maximum atomic E-state index is 14.4. The lowest BCUT2D eigenvalue weighted by Gasteiger charge is -2.29. The zero-order chi connectivity index (χ0) is 28.1. The number of aromatic amines is 1. The molecule has 3 N–H and O–H groups in total. The van der Waals surface area contributed by atoms with Gasteiger partial charge in [0.05, 0.1) is 11.6 Å². The molecule has 13 heteroatoms. The topological polar surface area (TPSA) is 118 Å². The van der Waals surface area contributed by atoms with E-state index in [1.54, 1.807) is 0 Å². The molecule has 0 spiro atoms. The number of piperidine rings is 1. The van der Waals surface area contributed by atoms with Crippen LogP contribution in [-0.4, -0.2) is 58.7 Å². The molecule has 3 aliphatic rings. The van der Waals surface area contributed by atoms with E-state index < -0.39 is 78.2 Å². The number of amides is 3. The molecule has 5 atom stereocenters. The van der Waals surface area contributed by atoms with Gasteiger partial charge < -0.3 is 20.5 Å². The molecular formula is C26H26F5N5O3. The summed E-state index contributed by atoms with van der Waals surface area (Å²) in [7, 11) is 0. The van der Waals surface area contributed by atoms with Crippen LogP contribution in [0.1, 0.15) is 54.6 Å². The smallest absolute Gasteiger partial charge is 0.271 e. The van der Waals surface area contributed by atoms with Crippen LogP contribution in [0.25, 0.3) is 10.9 Å². The van der Waals surface area contributed by atoms with E-state index in [9.17, 15) is 41.6 Å². The first-order chi connectivity index (χ1) is 18.5. The molecule has 3 amide bonds. The maximum absolute atomic E-state index is 14.4. The van der Waals surface area contributed by atoms with Crippen molar-refractivity contribution in [3.63, 3.8) is 0 Å². The summed E-state index contributed by atoms with van der Waals surface area (Å²) < 4.78 is 69.9. The Morgan fingerprint density at radius 3 is 2.72 bits per heavy atom. The molecule has 2 aromatic rings. The number of likely N-dealkylation sites (tertiary alicyclic amines) is 1. The first-order valence-corrected chi connectivity index (χ1v) is 12.7. The summed E-state index contributed by atoms with van der Waals surface area (Å²) in [6, 6.07) is 2.30. The van der Waals surface area contributed by atoms with Crippen LogP contribution in [0.15, 0.2) is 18.2 Å². The minimum atomic E-state index is -3.03. The van der Waals surface area contributed by atoms with Crippen molar-refractivity contribution in [2.45, 2.75) is 56.5 Å². The van der Waals surface area contributed by atoms with Gasteiger partial charge in [0.15, 0.2) is 0 Å². The molecule has 1 aromatic carbocycles. The zero-order valence-corrected chi connectivity index (χ0v) is 20.7. The molecule has 3 fully saturated rings. The highest BCUT2D eigenvalue weighted by atomic mass is 19.3. The van der Waals surface area contributed by atoms with Crippen molar-refractivity contribution >= 4 is 28.6 Å². The molecule has 1 aromatic heterocycles. The van der Waals surface area contributed by atoms with E-state index in [4.69, 9.17) is 0 Å². The Kier molecular flexibility index (Phi) is 6.99. The van der Waals surface area contributed by atoms with Crippen LogP contribution in [0.2, 0.25) is 0 Å². The number of alkyl halides is 4. The number of nitrogens with one attached hydrogen (secondary N) is 3. The Balaban J connectivity index is 1.42. The summed E-state index contributed by atoms with van der Waals surface area (Å²) in [5.74, 6) is -7.86. The summed E-state index contributed by atoms with van der Waals surface area (Å²) in [4.78, 5) is 42.7. The minimum absolute atomic E-state index is 0.0245. The SMILES string of the molecule is N#C[C@H](C[C@H]1CCCNC1=O)NC(=O)[C@@H]1[C@@H]2CC(F)(F)C[C@@H]2CN1C(=O)c1cc2c(F)ccc(C(F)F)c2[nH]1. The normalized spacial score (nSPS) is 26.8. The number of rotatable bonds is 6. The summed E-state index contributed by atoms with van der Waals surface area (Å²) >= 11 is 0. The van der Waals surface area contributed by atoms with Crippen LogP contribution < -0.4 is 10.6 Å². The standard InChI is InChI=1S/C26H26F5N5O3/c27-18-4-3-15(22(28)29)20-16(18)7-19(35-20)25(39)36-11-13-8-26(30,31)9-17(13)21(36)24(38)34-14(10-32)6-12-2-1-5-33-23(12)37/h3-4,7,12-14,17,21-22,35H,1-2,5-6,8-9,11H2,(H,33,37)(H,34,38)/t12-,13-,14+,17-,21+/m1/s1. The molecule has 0 bridgehead atoms. The van der Waals surface area contributed by atoms with Crippen molar-refractivity contribution in [1.29, 1.82) is 5.26 Å². The Morgan fingerprint density at radius 1 is 1.26 bits per heavy atom. The first kappa shape index (κ1) is 26.9. The van der Waals surface area contributed by atoms with E-state index in [0.717, 1.165) is 23.1 Å². The molecule has 0 unspecified atom stereocenters. The fourth-order valence-electron chi connectivity index (χ4n) is 6.25. The van der Waals surface area contributed by atoms with Crippen LogP contribution in [0.5, 0.6) is 0 Å². The Labute approximate surface area is 219 Å². The molecule has 208 valence electrons. The highest BCUT2D eigenvalue weighted by Crippen LogP contribution is 2.50. The summed E-state index contributed by atoms with van der Waals surface area (Å²) in [6.07, 6.45) is -2.86. The van der Waals surface area contributed by atoms with E-state index in [2.05, 4.69) is 15.6 Å². The van der Waals surface area contributed by atoms with Gasteiger partial charge in [0.1, 0.15) is 23.6 Å². The van der Waals surface area contributed by atoms with Gasteiger partial charge in [0.2, 0.25) is 17.7 Å². The van der Waals surface area contributed by atoms with Gasteiger partial charge in [-0.2, -0.15) is 5.26 Å². The number of nitriles is 1. The molecule has 1 saturated carbocycles. The van der Waals surface area contributed by atoms with E-state index in [1.807, 2.05) is 6.07 Å². The number of fused-ring (bicyclic) bond motifs is 2. The van der Waals surface area contributed by atoms with Crippen LogP contribution in [0.3, 0.4) is 0 Å². The molecule has 8 nitrogen and oxygen atoms in total. The van der Waals surface area contributed by atoms with Crippen LogP contribution in [0.4, 0.5) is 22.0 Å². The second-order valence-electron chi connectivity index (χ2n) is 10.6. The molecule has 2 saturated heterocycles. The van der Waals surface area contributed by atoms with E-state index in [1.165, 1.54) is 0 Å². The van der Waals surface area contributed by atoms with Crippen molar-refractivity contribution in [1.82, 2.24) is 20.5 Å². The van der Waals surface area contributed by atoms with Crippen molar-refractivity contribution in [3.05, 3.63) is 35.3 Å². The predicted octanol–water partition coefficient (Wildman–Crippen LogP) is 3.66. The van der Waals surface area contributed by atoms with Crippen molar-refractivity contribution in [2.75, 3.05) is 13.1 Å². The largest absolute Gasteiger partial charge is 0.356 e. The Morgan fingerprint density at radius 2 is 2.03 bits per heavy atom. The van der Waals surface area contributed by atoms with Gasteiger partial charge in [-0.3, -0.25) is 14.4 Å². The lowest BCUT2D eigenvalue weighted by Crippen LogP contribution is -2.52. The fourth-order valence-corrected chi connectivity index (χ4v) is 6.25. The number of hydrogen-bond acceptors (Lipinski definition) is 4. The number of H-pyrrole nitrogens is 1. The Bertz CT molecular complexity index is 1360. The van der Waals surface area contributed by atoms with Crippen LogP contribution in [0, 0.1) is 34.9 Å². The van der Waals surface area contributed by atoms with Gasteiger partial charge in [0, 0.05) is 42.8 Å². The lowest BCUT2D eigenvalue weighted by molar-refractivity contribution is -0.129. The Hall–Kier alpha value is -3.69. The third kappa shape index (κ3) is 5.04. The number of carbonyl (C=O) groups is 3. The van der Waals surface area contributed by atoms with E-state index in [-0.39, 0.29) is 35.5 Å². The number of halogens is 5. The molecular weight excluding hydrogens is 525 g/mol. The second-order valence-corrected chi connectivity index (χ2v) is 10.6. The summed E-state index contributed by atoms with van der Waals surface area (Å²) in [5, 5.41) is 14.6. The van der Waals surface area contributed by atoms with E-state index >= 15 is 0 Å². The average molecular weight is 552 g/mol. The molecule has 5 rings (SSSR count). The van der Waals surface area contributed by atoms with Gasteiger partial charge in [-0.05, 0) is 49.3 Å². The average Bonchev–Trinajstić information content (AvgIpc) is 3.54. The van der Waals surface area contributed by atoms with E-state index in [0.29, 0.717) is 19.4 Å². The predicted molar refractivity (Wildman–Crippen MR) is 127 cm³/mol. The molecule has 2 aliphatic heterocycles. The quantitative estimate of drug-likeness (QED) is 0.475. The fraction of sp³-hybridized carbons (Fsp3) is 0.538. The zero-order valence-electron chi connectivity index (χ0n) is 20.7. The van der Waals surface area contributed by atoms with Gasteiger partial charge in [0.25, 0.3) is 12.3 Å².